The van der Waals surface area contributed by atoms with Crippen LogP contribution in [0.4, 0.5) is 5.13 Å². The van der Waals surface area contributed by atoms with Crippen LogP contribution < -0.4 is 4.90 Å². The van der Waals surface area contributed by atoms with Crippen molar-refractivity contribution >= 4 is 65.6 Å². The Kier molecular flexibility index (Phi) is 6.20. The van der Waals surface area contributed by atoms with Crippen LogP contribution in [0, 0.1) is 0 Å². The zero-order valence-electron chi connectivity index (χ0n) is 15.1. The lowest BCUT2D eigenvalue weighted by Crippen LogP contribution is -2.48. The monoisotopic (exact) mass is 531 g/mol. The number of aromatic nitrogens is 1. The van der Waals surface area contributed by atoms with Crippen molar-refractivity contribution in [3.8, 4) is 11.3 Å². The number of thiazole rings is 1. The van der Waals surface area contributed by atoms with Crippen molar-refractivity contribution in [1.29, 1.82) is 0 Å². The van der Waals surface area contributed by atoms with E-state index in [-0.39, 0.29) is 9.92 Å². The summed E-state index contributed by atoms with van der Waals surface area (Å²) in [5, 5.41) is 3.48. The second-order valence-corrected chi connectivity index (χ2v) is 11.0. The molecule has 0 unspecified atom stereocenters. The fourth-order valence-corrected chi connectivity index (χ4v) is 6.20. The molecule has 0 radical (unpaired) electrons. The topological polar surface area (TPSA) is 53.5 Å². The lowest BCUT2D eigenvalue weighted by Gasteiger charge is -2.33. The van der Waals surface area contributed by atoms with Gasteiger partial charge in [-0.1, -0.05) is 51.3 Å². The van der Waals surface area contributed by atoms with Crippen molar-refractivity contribution in [1.82, 2.24) is 9.29 Å². The largest absolute Gasteiger partial charge is 0.345 e. The molecule has 152 valence electrons. The zero-order valence-corrected chi connectivity index (χ0v) is 19.8. The summed E-state index contributed by atoms with van der Waals surface area (Å²) in [6.07, 6.45) is 0. The van der Waals surface area contributed by atoms with Gasteiger partial charge in [0.1, 0.15) is 0 Å². The second-order valence-electron chi connectivity index (χ2n) is 6.49. The summed E-state index contributed by atoms with van der Waals surface area (Å²) in [7, 11) is -3.61. The van der Waals surface area contributed by atoms with Gasteiger partial charge in [0.15, 0.2) is 5.13 Å². The molecule has 0 aliphatic carbocycles. The molecule has 29 heavy (non-hydrogen) atoms. The van der Waals surface area contributed by atoms with E-state index in [4.69, 9.17) is 28.2 Å². The normalized spacial score (nSPS) is 15.6. The molecule has 0 bridgehead atoms. The molecule has 0 saturated carbocycles. The Morgan fingerprint density at radius 2 is 1.76 bits per heavy atom. The van der Waals surface area contributed by atoms with E-state index in [1.165, 1.54) is 22.5 Å². The lowest BCUT2D eigenvalue weighted by molar-refractivity contribution is 0.385. The number of benzene rings is 2. The van der Waals surface area contributed by atoms with Gasteiger partial charge in [-0.25, -0.2) is 13.4 Å². The van der Waals surface area contributed by atoms with E-state index in [1.54, 1.807) is 11.3 Å². The van der Waals surface area contributed by atoms with Crippen LogP contribution in [-0.4, -0.2) is 43.9 Å². The maximum absolute atomic E-state index is 12.9. The first-order chi connectivity index (χ1) is 13.8. The van der Waals surface area contributed by atoms with Crippen LogP contribution in [0.2, 0.25) is 10.0 Å². The number of sulfonamides is 1. The maximum Gasteiger partial charge on any atom is 0.243 e. The summed E-state index contributed by atoms with van der Waals surface area (Å²) in [6, 6.07) is 12.4. The smallest absolute Gasteiger partial charge is 0.243 e. The molecule has 2 heterocycles. The van der Waals surface area contributed by atoms with E-state index in [9.17, 15) is 8.42 Å². The van der Waals surface area contributed by atoms with Crippen LogP contribution in [-0.2, 0) is 10.0 Å². The predicted octanol–water partition coefficient (Wildman–Crippen LogP) is 5.39. The Hall–Kier alpha value is -1.16. The Morgan fingerprint density at radius 3 is 2.45 bits per heavy atom. The molecule has 1 aliphatic rings. The molecule has 4 rings (SSSR count). The highest BCUT2D eigenvalue weighted by Gasteiger charge is 2.29. The van der Waals surface area contributed by atoms with Crippen LogP contribution >= 0.6 is 50.5 Å². The van der Waals surface area contributed by atoms with Crippen LogP contribution in [0.15, 0.2) is 57.2 Å². The zero-order chi connectivity index (χ0) is 20.6. The van der Waals surface area contributed by atoms with Gasteiger partial charge >= 0.3 is 0 Å². The standard InChI is InChI=1S/C19H16BrCl2N3O2S2/c20-14-3-1-2-13(10-14)18-12-28-19(23-18)24-6-8-25(9-7-24)29(26,27)15-4-5-16(21)17(22)11-15/h1-5,10-12H,6-9H2. The lowest BCUT2D eigenvalue weighted by atomic mass is 10.2. The average molecular weight is 533 g/mol. The number of hydrogen-bond acceptors (Lipinski definition) is 5. The van der Waals surface area contributed by atoms with Crippen molar-refractivity contribution in [3.05, 3.63) is 62.4 Å². The Labute approximate surface area is 192 Å². The van der Waals surface area contributed by atoms with Crippen molar-refractivity contribution in [2.24, 2.45) is 0 Å². The van der Waals surface area contributed by atoms with Gasteiger partial charge in [-0.15, -0.1) is 11.3 Å². The average Bonchev–Trinajstić information content (AvgIpc) is 3.20. The van der Waals surface area contributed by atoms with E-state index in [0.717, 1.165) is 20.9 Å². The van der Waals surface area contributed by atoms with Crippen molar-refractivity contribution in [2.75, 3.05) is 31.1 Å². The molecule has 0 spiro atoms. The number of piperazine rings is 1. The number of halogens is 3. The third-order valence-electron chi connectivity index (χ3n) is 4.65. The number of nitrogens with zero attached hydrogens (tertiary/aromatic N) is 3. The molecule has 2 aromatic carbocycles. The van der Waals surface area contributed by atoms with E-state index in [1.807, 2.05) is 29.6 Å². The molecule has 0 N–H and O–H groups in total. The van der Waals surface area contributed by atoms with Gasteiger partial charge in [0, 0.05) is 41.6 Å². The molecule has 1 aromatic heterocycles. The molecule has 1 aliphatic heterocycles. The van der Waals surface area contributed by atoms with Gasteiger partial charge < -0.3 is 4.90 Å². The van der Waals surface area contributed by atoms with Gasteiger partial charge in [0.05, 0.1) is 20.6 Å². The van der Waals surface area contributed by atoms with Crippen LogP contribution in [0.5, 0.6) is 0 Å². The summed E-state index contributed by atoms with van der Waals surface area (Å²) in [6.45, 7) is 1.92. The number of hydrogen-bond donors (Lipinski definition) is 0. The Morgan fingerprint density at radius 1 is 1.00 bits per heavy atom. The van der Waals surface area contributed by atoms with E-state index in [0.29, 0.717) is 31.2 Å². The van der Waals surface area contributed by atoms with Gasteiger partial charge in [-0.3, -0.25) is 0 Å². The third kappa shape index (κ3) is 4.47. The molecule has 3 aromatic rings. The fourth-order valence-electron chi connectivity index (χ4n) is 3.10. The van der Waals surface area contributed by atoms with Crippen molar-refractivity contribution in [3.63, 3.8) is 0 Å². The number of anilines is 1. The highest BCUT2D eigenvalue weighted by Crippen LogP contribution is 2.31. The maximum atomic E-state index is 12.9. The highest BCUT2D eigenvalue weighted by atomic mass is 79.9. The molecule has 0 amide bonds. The minimum Gasteiger partial charge on any atom is -0.345 e. The van der Waals surface area contributed by atoms with Gasteiger partial charge in [-0.2, -0.15) is 4.31 Å². The minimum atomic E-state index is -3.61. The highest BCUT2D eigenvalue weighted by molar-refractivity contribution is 9.10. The first-order valence-corrected chi connectivity index (χ1v) is 12.6. The third-order valence-corrected chi connectivity index (χ3v) is 8.68. The van der Waals surface area contributed by atoms with Gasteiger partial charge in [-0.05, 0) is 30.3 Å². The molecular weight excluding hydrogens is 517 g/mol. The first-order valence-electron chi connectivity index (χ1n) is 8.76. The molecule has 5 nitrogen and oxygen atoms in total. The SMILES string of the molecule is O=S(=O)(c1ccc(Cl)c(Cl)c1)N1CCN(c2nc(-c3cccc(Br)c3)cs2)CC1. The number of rotatable bonds is 4. The molecule has 0 atom stereocenters. The molecule has 1 saturated heterocycles. The quantitative estimate of drug-likeness (QED) is 0.452. The summed E-state index contributed by atoms with van der Waals surface area (Å²) in [5.41, 5.74) is 1.96. The molecular formula is C19H16BrCl2N3O2S2. The van der Waals surface area contributed by atoms with Crippen LogP contribution in [0.3, 0.4) is 0 Å². The summed E-state index contributed by atoms with van der Waals surface area (Å²) in [5.74, 6) is 0. The van der Waals surface area contributed by atoms with Crippen molar-refractivity contribution < 1.29 is 8.42 Å². The van der Waals surface area contributed by atoms with E-state index < -0.39 is 10.0 Å². The summed E-state index contributed by atoms with van der Waals surface area (Å²) >= 11 is 16.9. The van der Waals surface area contributed by atoms with Crippen molar-refractivity contribution in [2.45, 2.75) is 4.90 Å². The van der Waals surface area contributed by atoms with E-state index in [2.05, 4.69) is 20.8 Å². The Bertz CT molecular complexity index is 1150. The minimum absolute atomic E-state index is 0.159. The van der Waals surface area contributed by atoms with Gasteiger partial charge in [0.25, 0.3) is 0 Å². The Balaban J connectivity index is 1.46. The first kappa shape index (κ1) is 21.1. The van der Waals surface area contributed by atoms with Gasteiger partial charge in [0.2, 0.25) is 10.0 Å². The molecule has 10 heteroatoms. The van der Waals surface area contributed by atoms with E-state index >= 15 is 0 Å². The summed E-state index contributed by atoms with van der Waals surface area (Å²) in [4.78, 5) is 7.01. The van der Waals surface area contributed by atoms with Crippen LogP contribution in [0.25, 0.3) is 11.3 Å². The summed E-state index contributed by atoms with van der Waals surface area (Å²) < 4.78 is 28.3. The second kappa shape index (κ2) is 8.53. The van der Waals surface area contributed by atoms with Crippen LogP contribution in [0.1, 0.15) is 0 Å². The fraction of sp³-hybridized carbons (Fsp3) is 0.211. The molecule has 1 fully saturated rings. The predicted molar refractivity (Wildman–Crippen MR) is 123 cm³/mol.